The lowest BCUT2D eigenvalue weighted by molar-refractivity contribution is 0.413. The number of aryl methyl sites for hydroxylation is 1. The average molecular weight is 577 g/mol. The van der Waals surface area contributed by atoms with Crippen LogP contribution in [0.1, 0.15) is 31.7 Å². The van der Waals surface area contributed by atoms with E-state index < -0.39 is 10.0 Å². The Balaban J connectivity index is 1.32. The van der Waals surface area contributed by atoms with Gasteiger partial charge in [0.05, 0.1) is 16.2 Å². The lowest BCUT2D eigenvalue weighted by Crippen LogP contribution is -2.39. The van der Waals surface area contributed by atoms with Crippen molar-refractivity contribution in [3.8, 4) is 11.3 Å². The molecule has 1 atom stereocenters. The topological polar surface area (TPSA) is 126 Å². The number of hydrogen-bond acceptors (Lipinski definition) is 8. The standard InChI is InChI=1S/C28H29ClN8O2S/c1-2-18-13-19(14-20-15-31-28(35-26(18)20)32-16-21-7-5-6-12-30-21)23-10-11-24-27(33-17-34-37(23)24)36-40(38,39)25-9-4-3-8-22(25)29/h3-4,8-11,13-15,17,21,30H,2,5-7,12,16H2,1H3,(H,31,32,35)(H,33,34,36)/t21-/m0/s1. The average Bonchev–Trinajstić information content (AvgIpc) is 3.41. The molecule has 0 radical (unpaired) electrons. The van der Waals surface area contributed by atoms with Gasteiger partial charge in [0.1, 0.15) is 16.7 Å². The molecule has 206 valence electrons. The zero-order chi connectivity index (χ0) is 27.7. The van der Waals surface area contributed by atoms with E-state index in [4.69, 9.17) is 16.6 Å². The fraction of sp³-hybridized carbons (Fsp3) is 0.286. The zero-order valence-corrected chi connectivity index (χ0v) is 23.5. The Labute approximate surface area is 237 Å². The van der Waals surface area contributed by atoms with Gasteiger partial charge in [-0.25, -0.2) is 27.9 Å². The van der Waals surface area contributed by atoms with Gasteiger partial charge in [0.25, 0.3) is 10.0 Å². The highest BCUT2D eigenvalue weighted by molar-refractivity contribution is 7.92. The minimum Gasteiger partial charge on any atom is -0.353 e. The Kier molecular flexibility index (Phi) is 7.26. The molecular formula is C28H29ClN8O2S. The summed E-state index contributed by atoms with van der Waals surface area (Å²) in [6.07, 6.45) is 7.58. The fourth-order valence-corrected chi connectivity index (χ4v) is 6.66. The molecule has 10 nitrogen and oxygen atoms in total. The third-order valence-corrected chi connectivity index (χ3v) is 9.01. The molecule has 3 N–H and O–H groups in total. The number of hydrogen-bond donors (Lipinski definition) is 3. The van der Waals surface area contributed by atoms with Crippen LogP contribution in [0.3, 0.4) is 0 Å². The second-order valence-corrected chi connectivity index (χ2v) is 11.9. The minimum absolute atomic E-state index is 0.0220. The molecular weight excluding hydrogens is 548 g/mol. The Morgan fingerprint density at radius 1 is 1.12 bits per heavy atom. The van der Waals surface area contributed by atoms with Crippen LogP contribution in [0.25, 0.3) is 27.7 Å². The number of aromatic nitrogens is 5. The van der Waals surface area contributed by atoms with Gasteiger partial charge < -0.3 is 10.6 Å². The Bertz CT molecular complexity index is 1800. The van der Waals surface area contributed by atoms with Crippen LogP contribution in [0.15, 0.2) is 66.0 Å². The molecule has 5 aromatic rings. The maximum atomic E-state index is 13.0. The molecule has 1 aliphatic heterocycles. The van der Waals surface area contributed by atoms with Crippen LogP contribution in [0.4, 0.5) is 11.8 Å². The number of sulfonamides is 1. The highest BCUT2D eigenvalue weighted by Crippen LogP contribution is 2.31. The number of halogens is 1. The van der Waals surface area contributed by atoms with Gasteiger partial charge in [-0.05, 0) is 67.8 Å². The predicted octanol–water partition coefficient (Wildman–Crippen LogP) is 4.91. The molecule has 2 aromatic carbocycles. The van der Waals surface area contributed by atoms with Gasteiger partial charge in [-0.2, -0.15) is 5.10 Å². The third-order valence-electron chi connectivity index (χ3n) is 7.17. The van der Waals surface area contributed by atoms with Gasteiger partial charge in [-0.15, -0.1) is 0 Å². The van der Waals surface area contributed by atoms with Gasteiger partial charge in [0.2, 0.25) is 5.95 Å². The van der Waals surface area contributed by atoms with Crippen molar-refractivity contribution in [1.29, 1.82) is 0 Å². The Morgan fingerprint density at radius 3 is 2.80 bits per heavy atom. The van der Waals surface area contributed by atoms with E-state index in [1.807, 2.05) is 18.3 Å². The molecule has 0 unspecified atom stereocenters. The highest BCUT2D eigenvalue weighted by atomic mass is 35.5. The molecule has 0 bridgehead atoms. The molecule has 1 saturated heterocycles. The molecule has 0 saturated carbocycles. The van der Waals surface area contributed by atoms with E-state index in [1.54, 1.807) is 22.7 Å². The second-order valence-electron chi connectivity index (χ2n) is 9.81. The van der Waals surface area contributed by atoms with Crippen molar-refractivity contribution in [3.05, 3.63) is 71.6 Å². The summed E-state index contributed by atoms with van der Waals surface area (Å²) in [6, 6.07) is 14.5. The van der Waals surface area contributed by atoms with E-state index in [0.29, 0.717) is 17.5 Å². The summed E-state index contributed by atoms with van der Waals surface area (Å²) in [6.45, 7) is 3.95. The first-order valence-electron chi connectivity index (χ1n) is 13.3. The number of fused-ring (bicyclic) bond motifs is 2. The lowest BCUT2D eigenvalue weighted by atomic mass is 10.0. The summed E-state index contributed by atoms with van der Waals surface area (Å²) < 4.78 is 30.3. The van der Waals surface area contributed by atoms with Gasteiger partial charge in [0.15, 0.2) is 5.82 Å². The Hall–Kier alpha value is -3.80. The number of benzene rings is 2. The summed E-state index contributed by atoms with van der Waals surface area (Å²) >= 11 is 6.14. The lowest BCUT2D eigenvalue weighted by Gasteiger charge is -2.23. The second kappa shape index (κ2) is 11.0. The highest BCUT2D eigenvalue weighted by Gasteiger charge is 2.21. The maximum absolute atomic E-state index is 13.0. The summed E-state index contributed by atoms with van der Waals surface area (Å²) in [5.74, 6) is 0.780. The molecule has 0 amide bonds. The van der Waals surface area contributed by atoms with Crippen LogP contribution in [0, 0.1) is 0 Å². The van der Waals surface area contributed by atoms with Crippen molar-refractivity contribution in [2.45, 2.75) is 43.5 Å². The number of piperidine rings is 1. The van der Waals surface area contributed by atoms with E-state index in [0.717, 1.165) is 53.7 Å². The molecule has 4 heterocycles. The molecule has 3 aromatic heterocycles. The maximum Gasteiger partial charge on any atom is 0.264 e. The third kappa shape index (κ3) is 5.19. The zero-order valence-electron chi connectivity index (χ0n) is 21.9. The molecule has 0 spiro atoms. The van der Waals surface area contributed by atoms with Crippen molar-refractivity contribution >= 4 is 49.8 Å². The summed E-state index contributed by atoms with van der Waals surface area (Å²) in [5.41, 5.74) is 4.20. The van der Waals surface area contributed by atoms with Crippen LogP contribution in [-0.2, 0) is 16.4 Å². The number of anilines is 2. The van der Waals surface area contributed by atoms with Gasteiger partial charge in [-0.3, -0.25) is 4.72 Å². The first-order chi connectivity index (χ1) is 19.4. The monoisotopic (exact) mass is 576 g/mol. The van der Waals surface area contributed by atoms with Crippen LogP contribution in [-0.4, -0.2) is 52.1 Å². The van der Waals surface area contributed by atoms with Crippen LogP contribution in [0.2, 0.25) is 5.02 Å². The van der Waals surface area contributed by atoms with Crippen molar-refractivity contribution in [1.82, 2.24) is 29.9 Å². The summed E-state index contributed by atoms with van der Waals surface area (Å²) in [5, 5.41) is 12.4. The molecule has 0 aliphatic carbocycles. The first kappa shape index (κ1) is 26.4. The quantitative estimate of drug-likeness (QED) is 0.238. The Morgan fingerprint density at radius 2 is 2.00 bits per heavy atom. The van der Waals surface area contributed by atoms with Crippen molar-refractivity contribution in [2.75, 3.05) is 23.1 Å². The van der Waals surface area contributed by atoms with E-state index in [1.165, 1.54) is 31.3 Å². The van der Waals surface area contributed by atoms with Crippen LogP contribution in [0.5, 0.6) is 0 Å². The van der Waals surface area contributed by atoms with Gasteiger partial charge >= 0.3 is 0 Å². The fourth-order valence-electron chi connectivity index (χ4n) is 5.11. The number of nitrogens with zero attached hydrogens (tertiary/aromatic N) is 5. The summed E-state index contributed by atoms with van der Waals surface area (Å²) in [7, 11) is -3.96. The summed E-state index contributed by atoms with van der Waals surface area (Å²) in [4.78, 5) is 13.6. The molecule has 1 fully saturated rings. The first-order valence-corrected chi connectivity index (χ1v) is 15.2. The number of rotatable bonds is 8. The molecule has 40 heavy (non-hydrogen) atoms. The predicted molar refractivity (Wildman–Crippen MR) is 157 cm³/mol. The van der Waals surface area contributed by atoms with Crippen molar-refractivity contribution in [3.63, 3.8) is 0 Å². The van der Waals surface area contributed by atoms with Gasteiger partial charge in [-0.1, -0.05) is 37.1 Å². The van der Waals surface area contributed by atoms with E-state index in [9.17, 15) is 8.42 Å². The van der Waals surface area contributed by atoms with Crippen LogP contribution < -0.4 is 15.4 Å². The smallest absolute Gasteiger partial charge is 0.264 e. The SMILES string of the molecule is CCc1cc(-c2ccc3c(NS(=O)(=O)c4ccccc4Cl)ncnn23)cc2cnc(NC[C@@H]3CCCCN3)nc12. The largest absolute Gasteiger partial charge is 0.353 e. The van der Waals surface area contributed by atoms with Crippen LogP contribution >= 0.6 is 11.6 Å². The normalized spacial score (nSPS) is 15.9. The van der Waals surface area contributed by atoms with Gasteiger partial charge in [0, 0.05) is 29.7 Å². The van der Waals surface area contributed by atoms with E-state index >= 15 is 0 Å². The molecule has 6 rings (SSSR count). The van der Waals surface area contributed by atoms with E-state index in [-0.39, 0.29) is 15.7 Å². The van der Waals surface area contributed by atoms with Crippen molar-refractivity contribution < 1.29 is 8.42 Å². The number of nitrogens with one attached hydrogen (secondary N) is 3. The minimum atomic E-state index is -3.96. The molecule has 1 aliphatic rings. The molecule has 12 heteroatoms. The van der Waals surface area contributed by atoms with Crippen molar-refractivity contribution in [2.24, 2.45) is 0 Å². The van der Waals surface area contributed by atoms with E-state index in [2.05, 4.69) is 43.4 Å².